The molecular formula is C12H9BrO. The number of alkyl halides is 1. The van der Waals surface area contributed by atoms with Crippen LogP contribution in [0.2, 0.25) is 0 Å². The van der Waals surface area contributed by atoms with Crippen molar-refractivity contribution in [1.29, 1.82) is 0 Å². The summed E-state index contributed by atoms with van der Waals surface area (Å²) >= 11 is 3.68. The van der Waals surface area contributed by atoms with E-state index in [1.807, 2.05) is 12.1 Å². The zero-order chi connectivity index (χ0) is 9.54. The first-order valence-electron chi connectivity index (χ1n) is 4.68. The lowest BCUT2D eigenvalue weighted by atomic mass is 10.0. The van der Waals surface area contributed by atoms with Gasteiger partial charge in [0.15, 0.2) is 0 Å². The molecule has 0 saturated carbocycles. The molecule has 0 saturated heterocycles. The summed E-state index contributed by atoms with van der Waals surface area (Å²) in [5, 5.41) is 1.23. The second kappa shape index (κ2) is 2.99. The first-order valence-corrected chi connectivity index (χ1v) is 5.60. The summed E-state index contributed by atoms with van der Waals surface area (Å²) in [5.74, 6) is 0.999. The predicted molar refractivity (Wildman–Crippen MR) is 61.5 cm³/mol. The van der Waals surface area contributed by atoms with Crippen LogP contribution in [0.1, 0.15) is 22.6 Å². The molecule has 2 aromatic rings. The van der Waals surface area contributed by atoms with E-state index in [1.165, 1.54) is 10.9 Å². The van der Waals surface area contributed by atoms with Crippen LogP contribution in [0.15, 0.2) is 34.8 Å². The van der Waals surface area contributed by atoms with Gasteiger partial charge in [-0.25, -0.2) is 0 Å². The third kappa shape index (κ3) is 1.07. The Balaban J connectivity index is 2.40. The molecule has 2 heteroatoms. The van der Waals surface area contributed by atoms with E-state index in [2.05, 4.69) is 40.2 Å². The number of benzene rings is 1. The fourth-order valence-corrected chi connectivity index (χ4v) is 2.63. The van der Waals surface area contributed by atoms with E-state index in [1.54, 1.807) is 0 Å². The summed E-state index contributed by atoms with van der Waals surface area (Å²) in [6.07, 6.45) is 5.24. The first-order chi connectivity index (χ1) is 6.86. The van der Waals surface area contributed by atoms with Gasteiger partial charge < -0.3 is 4.42 Å². The van der Waals surface area contributed by atoms with Crippen LogP contribution in [-0.2, 0) is 0 Å². The number of para-hydroxylation sites is 1. The van der Waals surface area contributed by atoms with Crippen molar-refractivity contribution in [3.8, 4) is 0 Å². The van der Waals surface area contributed by atoms with Crippen LogP contribution in [-0.4, -0.2) is 0 Å². The summed E-state index contributed by atoms with van der Waals surface area (Å²) in [4.78, 5) is 0.395. The molecule has 1 unspecified atom stereocenters. The average Bonchev–Trinajstić information content (AvgIpc) is 2.57. The summed E-state index contributed by atoms with van der Waals surface area (Å²) in [7, 11) is 0. The number of hydrogen-bond acceptors (Lipinski definition) is 1. The third-order valence-corrected chi connectivity index (χ3v) is 3.42. The van der Waals surface area contributed by atoms with E-state index < -0.39 is 0 Å². The van der Waals surface area contributed by atoms with Crippen molar-refractivity contribution in [2.45, 2.75) is 11.2 Å². The van der Waals surface area contributed by atoms with Gasteiger partial charge in [0.2, 0.25) is 0 Å². The minimum atomic E-state index is 0.395. The SMILES string of the molecule is BrC1CC=Cc2oc3ccccc3c21. The van der Waals surface area contributed by atoms with Gasteiger partial charge in [-0.2, -0.15) is 0 Å². The molecule has 1 atom stereocenters. The zero-order valence-corrected chi connectivity index (χ0v) is 9.12. The second-order valence-electron chi connectivity index (χ2n) is 3.48. The normalized spacial score (nSPS) is 19.9. The van der Waals surface area contributed by atoms with Crippen LogP contribution in [0.3, 0.4) is 0 Å². The van der Waals surface area contributed by atoms with E-state index in [4.69, 9.17) is 4.42 Å². The molecular weight excluding hydrogens is 240 g/mol. The molecule has 70 valence electrons. The number of rotatable bonds is 0. The van der Waals surface area contributed by atoms with Crippen LogP contribution in [0, 0.1) is 0 Å². The van der Waals surface area contributed by atoms with E-state index in [0.29, 0.717) is 4.83 Å². The lowest BCUT2D eigenvalue weighted by molar-refractivity contribution is 0.595. The molecule has 3 rings (SSSR count). The van der Waals surface area contributed by atoms with E-state index in [9.17, 15) is 0 Å². The number of halogens is 1. The Morgan fingerprint density at radius 2 is 2.14 bits per heavy atom. The average molecular weight is 249 g/mol. The van der Waals surface area contributed by atoms with Crippen molar-refractivity contribution < 1.29 is 4.42 Å². The summed E-state index contributed by atoms with van der Waals surface area (Å²) in [6, 6.07) is 8.19. The fraction of sp³-hybridized carbons (Fsp3) is 0.167. The van der Waals surface area contributed by atoms with Gasteiger partial charge in [0, 0.05) is 15.8 Å². The van der Waals surface area contributed by atoms with E-state index >= 15 is 0 Å². The Kier molecular flexibility index (Phi) is 1.77. The number of allylic oxidation sites excluding steroid dienone is 1. The number of furan rings is 1. The van der Waals surface area contributed by atoms with Crippen molar-refractivity contribution in [1.82, 2.24) is 0 Å². The van der Waals surface area contributed by atoms with Gasteiger partial charge in [-0.15, -0.1) is 0 Å². The smallest absolute Gasteiger partial charge is 0.135 e. The van der Waals surface area contributed by atoms with E-state index in [-0.39, 0.29) is 0 Å². The van der Waals surface area contributed by atoms with Gasteiger partial charge in [-0.3, -0.25) is 0 Å². The van der Waals surface area contributed by atoms with Gasteiger partial charge in [-0.1, -0.05) is 40.2 Å². The van der Waals surface area contributed by atoms with Gasteiger partial charge in [0.25, 0.3) is 0 Å². The molecule has 0 aliphatic heterocycles. The molecule has 1 nitrogen and oxygen atoms in total. The molecule has 0 bridgehead atoms. The van der Waals surface area contributed by atoms with Gasteiger partial charge in [0.1, 0.15) is 11.3 Å². The maximum Gasteiger partial charge on any atom is 0.135 e. The molecule has 0 spiro atoms. The number of hydrogen-bond donors (Lipinski definition) is 0. The van der Waals surface area contributed by atoms with Crippen molar-refractivity contribution in [3.63, 3.8) is 0 Å². The Labute approximate surface area is 90.5 Å². The minimum Gasteiger partial charge on any atom is -0.456 e. The highest BCUT2D eigenvalue weighted by molar-refractivity contribution is 9.09. The van der Waals surface area contributed by atoms with Crippen molar-refractivity contribution in [2.24, 2.45) is 0 Å². The minimum absolute atomic E-state index is 0.395. The molecule has 1 aromatic heterocycles. The molecule has 1 heterocycles. The highest BCUT2D eigenvalue weighted by Gasteiger charge is 2.20. The maximum atomic E-state index is 5.74. The van der Waals surface area contributed by atoms with Crippen LogP contribution >= 0.6 is 15.9 Å². The fourth-order valence-electron chi connectivity index (χ4n) is 1.94. The molecule has 1 aliphatic rings. The molecule has 0 fully saturated rings. The monoisotopic (exact) mass is 248 g/mol. The van der Waals surface area contributed by atoms with Crippen molar-refractivity contribution in [3.05, 3.63) is 41.7 Å². The Morgan fingerprint density at radius 3 is 3.07 bits per heavy atom. The van der Waals surface area contributed by atoms with Gasteiger partial charge >= 0.3 is 0 Å². The van der Waals surface area contributed by atoms with E-state index in [0.717, 1.165) is 17.8 Å². The quantitative estimate of drug-likeness (QED) is 0.635. The van der Waals surface area contributed by atoms with Gasteiger partial charge in [-0.05, 0) is 18.6 Å². The third-order valence-electron chi connectivity index (χ3n) is 2.59. The molecule has 0 amide bonds. The highest BCUT2D eigenvalue weighted by Crippen LogP contribution is 2.40. The maximum absolute atomic E-state index is 5.74. The standard InChI is InChI=1S/C12H9BrO/c13-9-5-3-7-11-12(9)8-4-1-2-6-10(8)14-11/h1-4,6-7,9H,5H2. The lowest BCUT2D eigenvalue weighted by Crippen LogP contribution is -1.93. The highest BCUT2D eigenvalue weighted by atomic mass is 79.9. The van der Waals surface area contributed by atoms with Crippen molar-refractivity contribution in [2.75, 3.05) is 0 Å². The largest absolute Gasteiger partial charge is 0.456 e. The van der Waals surface area contributed by atoms with Crippen LogP contribution in [0.5, 0.6) is 0 Å². The molecule has 1 aliphatic carbocycles. The summed E-state index contributed by atoms with van der Waals surface area (Å²) in [6.45, 7) is 0. The van der Waals surface area contributed by atoms with Crippen LogP contribution in [0.4, 0.5) is 0 Å². The Morgan fingerprint density at radius 1 is 1.29 bits per heavy atom. The van der Waals surface area contributed by atoms with Crippen LogP contribution < -0.4 is 0 Å². The molecule has 1 aromatic carbocycles. The Hall–Kier alpha value is -1.02. The van der Waals surface area contributed by atoms with Crippen LogP contribution in [0.25, 0.3) is 17.0 Å². The molecule has 0 radical (unpaired) electrons. The predicted octanol–water partition coefficient (Wildman–Crippen LogP) is 4.29. The first kappa shape index (κ1) is 8.30. The summed E-state index contributed by atoms with van der Waals surface area (Å²) in [5.41, 5.74) is 2.27. The van der Waals surface area contributed by atoms with Crippen molar-refractivity contribution >= 4 is 33.0 Å². The molecule has 14 heavy (non-hydrogen) atoms. The van der Waals surface area contributed by atoms with Gasteiger partial charge in [0.05, 0.1) is 0 Å². The molecule has 0 N–H and O–H groups in total. The summed E-state index contributed by atoms with van der Waals surface area (Å²) < 4.78 is 5.74. The Bertz CT molecular complexity index is 510. The lowest BCUT2D eigenvalue weighted by Gasteiger charge is -2.10. The zero-order valence-electron chi connectivity index (χ0n) is 7.53. The second-order valence-corrected chi connectivity index (χ2v) is 4.59. The number of fused-ring (bicyclic) bond motifs is 3. The topological polar surface area (TPSA) is 13.1 Å².